The second-order valence-electron chi connectivity index (χ2n) is 7.60. The van der Waals surface area contributed by atoms with Gasteiger partial charge in [-0.15, -0.1) is 11.1 Å². The van der Waals surface area contributed by atoms with Crippen molar-refractivity contribution in [2.45, 2.75) is 91.4 Å². The Labute approximate surface area is 156 Å². The quantitative estimate of drug-likeness (QED) is 0.407. The normalized spacial score (nSPS) is 11.3. The first-order chi connectivity index (χ1) is 11.2. The molecule has 2 heteroatoms. The van der Waals surface area contributed by atoms with Gasteiger partial charge in [-0.1, -0.05) is 79.4 Å². The molecule has 0 aliphatic carbocycles. The predicted octanol–water partition coefficient (Wildman–Crippen LogP) is 6.30. The van der Waals surface area contributed by atoms with Gasteiger partial charge in [0.15, 0.2) is 0 Å². The average Bonchev–Trinajstić information content (AvgIpc) is 2.47. The van der Waals surface area contributed by atoms with Gasteiger partial charge in [-0.3, -0.25) is 0 Å². The molecule has 0 aromatic carbocycles. The second-order valence-corrected chi connectivity index (χ2v) is 15.6. The molecule has 0 unspecified atom stereocenters. The maximum atomic E-state index is 3.42. The van der Waals surface area contributed by atoms with Gasteiger partial charge in [-0.2, -0.15) is 0 Å². The Morgan fingerprint density at radius 2 is 0.792 bits per heavy atom. The van der Waals surface area contributed by atoms with E-state index < -0.39 is 17.6 Å². The van der Waals surface area contributed by atoms with Crippen molar-refractivity contribution in [2.75, 3.05) is 0 Å². The van der Waals surface area contributed by atoms with Crippen LogP contribution in [-0.4, -0.2) is 17.6 Å². The van der Waals surface area contributed by atoms with Crippen LogP contribution in [0.25, 0.3) is 0 Å². The summed E-state index contributed by atoms with van der Waals surface area (Å²) in [7, 11) is -1.65. The molecular weight excluding hydrogens is 320 g/mol. The largest absolute Gasteiger partial charge is 0.130 e. The molecule has 0 aromatic rings. The fourth-order valence-corrected chi connectivity index (χ4v) is 7.65. The standard InChI is InChI=1S/2C11H20Si/c2*1-6-7-8-9-12(10(2)3)11(4)5/h2*6-7,10-12H,1-5H3/b7-6+;7-6-. The van der Waals surface area contributed by atoms with Crippen LogP contribution in [0.3, 0.4) is 0 Å². The van der Waals surface area contributed by atoms with Crippen molar-refractivity contribution in [3.8, 4) is 22.9 Å². The van der Waals surface area contributed by atoms with E-state index in [2.05, 4.69) is 78.3 Å². The minimum atomic E-state index is -0.824. The smallest absolute Gasteiger partial charge is 0.128 e. The van der Waals surface area contributed by atoms with E-state index in [1.165, 1.54) is 0 Å². The van der Waals surface area contributed by atoms with E-state index in [1.54, 1.807) is 0 Å². The van der Waals surface area contributed by atoms with Crippen molar-refractivity contribution in [3.63, 3.8) is 0 Å². The van der Waals surface area contributed by atoms with Gasteiger partial charge < -0.3 is 0 Å². The molecule has 0 aromatic heterocycles. The molecule has 0 N–H and O–H groups in total. The molecule has 0 saturated heterocycles. The van der Waals surface area contributed by atoms with Crippen LogP contribution in [0.5, 0.6) is 0 Å². The highest BCUT2D eigenvalue weighted by atomic mass is 28.3. The summed E-state index contributed by atoms with van der Waals surface area (Å²) in [6.07, 6.45) is 7.90. The van der Waals surface area contributed by atoms with E-state index in [1.807, 2.05) is 38.2 Å². The van der Waals surface area contributed by atoms with Crippen molar-refractivity contribution in [1.29, 1.82) is 0 Å². The van der Waals surface area contributed by atoms with Crippen molar-refractivity contribution < 1.29 is 0 Å². The van der Waals surface area contributed by atoms with Crippen LogP contribution in [0, 0.1) is 22.9 Å². The summed E-state index contributed by atoms with van der Waals surface area (Å²) in [6, 6.07) is 0. The molecule has 0 nitrogen and oxygen atoms in total. The first-order valence-electron chi connectivity index (χ1n) is 9.43. The van der Waals surface area contributed by atoms with Crippen LogP contribution in [-0.2, 0) is 0 Å². The highest BCUT2D eigenvalue weighted by Crippen LogP contribution is 2.19. The summed E-state index contributed by atoms with van der Waals surface area (Å²) in [5, 5.41) is 0. The van der Waals surface area contributed by atoms with E-state index in [9.17, 15) is 0 Å². The van der Waals surface area contributed by atoms with Crippen LogP contribution < -0.4 is 0 Å². The zero-order valence-corrected chi connectivity index (χ0v) is 20.1. The van der Waals surface area contributed by atoms with Crippen LogP contribution in [0.15, 0.2) is 24.3 Å². The molecule has 0 bridgehead atoms. The molecule has 0 spiro atoms. The summed E-state index contributed by atoms with van der Waals surface area (Å²) in [5.74, 6) is 6.26. The third-order valence-corrected chi connectivity index (χ3v) is 10.6. The zero-order chi connectivity index (χ0) is 19.1. The van der Waals surface area contributed by atoms with Crippen LogP contribution in [0.1, 0.15) is 69.2 Å². The Bertz CT molecular complexity index is 412. The fraction of sp³-hybridized carbons (Fsp3) is 0.636. The third kappa shape index (κ3) is 13.5. The molecule has 0 atom stereocenters. The summed E-state index contributed by atoms with van der Waals surface area (Å²) in [6.45, 7) is 22.4. The molecule has 0 fully saturated rings. The second kappa shape index (κ2) is 15.6. The number of allylic oxidation sites excluding steroid dienone is 4. The maximum Gasteiger partial charge on any atom is 0.128 e. The van der Waals surface area contributed by atoms with Gasteiger partial charge in [-0.25, -0.2) is 0 Å². The summed E-state index contributed by atoms with van der Waals surface area (Å²) in [4.78, 5) is 0. The van der Waals surface area contributed by atoms with Gasteiger partial charge in [0.2, 0.25) is 0 Å². The summed E-state index contributed by atoms with van der Waals surface area (Å²) < 4.78 is 0. The van der Waals surface area contributed by atoms with Gasteiger partial charge in [0, 0.05) is 0 Å². The number of hydrogen-bond donors (Lipinski definition) is 0. The molecule has 0 aliphatic heterocycles. The van der Waals surface area contributed by atoms with E-state index >= 15 is 0 Å². The average molecular weight is 361 g/mol. The van der Waals surface area contributed by atoms with E-state index in [4.69, 9.17) is 0 Å². The Morgan fingerprint density at radius 3 is 0.958 bits per heavy atom. The Kier molecular flexibility index (Phi) is 16.4. The van der Waals surface area contributed by atoms with Gasteiger partial charge in [-0.05, 0) is 48.2 Å². The molecule has 0 rings (SSSR count). The lowest BCUT2D eigenvalue weighted by Gasteiger charge is -2.15. The zero-order valence-electron chi connectivity index (χ0n) is 17.8. The van der Waals surface area contributed by atoms with Crippen LogP contribution >= 0.6 is 0 Å². The number of rotatable bonds is 4. The van der Waals surface area contributed by atoms with Gasteiger partial charge in [0.25, 0.3) is 0 Å². The lowest BCUT2D eigenvalue weighted by Crippen LogP contribution is -2.18. The Hall–Kier alpha value is -0.966. The Balaban J connectivity index is 0. The fourth-order valence-electron chi connectivity index (χ4n) is 2.66. The lowest BCUT2D eigenvalue weighted by atomic mass is 10.5. The molecule has 0 aliphatic rings. The van der Waals surface area contributed by atoms with Crippen molar-refractivity contribution in [1.82, 2.24) is 0 Å². The van der Waals surface area contributed by atoms with Crippen molar-refractivity contribution in [2.24, 2.45) is 0 Å². The molecule has 0 saturated carbocycles. The Morgan fingerprint density at radius 1 is 0.542 bits per heavy atom. The minimum absolute atomic E-state index is 0.794. The molecular formula is C22H40Si2. The lowest BCUT2D eigenvalue weighted by molar-refractivity contribution is 0.954. The molecule has 0 amide bonds. The van der Waals surface area contributed by atoms with Crippen LogP contribution in [0.4, 0.5) is 0 Å². The van der Waals surface area contributed by atoms with E-state index in [-0.39, 0.29) is 0 Å². The van der Waals surface area contributed by atoms with E-state index in [0.717, 1.165) is 22.2 Å². The first kappa shape index (κ1) is 25.3. The highest BCUT2D eigenvalue weighted by molar-refractivity contribution is 6.70. The number of hydrogen-bond acceptors (Lipinski definition) is 0. The van der Waals surface area contributed by atoms with Crippen LogP contribution in [0.2, 0.25) is 22.2 Å². The van der Waals surface area contributed by atoms with Gasteiger partial charge >= 0.3 is 0 Å². The first-order valence-corrected chi connectivity index (χ1v) is 13.2. The monoisotopic (exact) mass is 360 g/mol. The van der Waals surface area contributed by atoms with Gasteiger partial charge in [0.05, 0.1) is 0 Å². The topological polar surface area (TPSA) is 0 Å². The summed E-state index contributed by atoms with van der Waals surface area (Å²) in [5.41, 5.74) is 10.0. The SMILES string of the molecule is C/C=C/C#C[SiH](C(C)C)C(C)C.C/C=C\C#C[SiH](C(C)C)C(C)C. The summed E-state index contributed by atoms with van der Waals surface area (Å²) >= 11 is 0. The van der Waals surface area contributed by atoms with E-state index in [0.29, 0.717) is 0 Å². The predicted molar refractivity (Wildman–Crippen MR) is 120 cm³/mol. The maximum absolute atomic E-state index is 3.42. The van der Waals surface area contributed by atoms with Crippen molar-refractivity contribution in [3.05, 3.63) is 24.3 Å². The van der Waals surface area contributed by atoms with Gasteiger partial charge in [0.1, 0.15) is 17.6 Å². The minimum Gasteiger partial charge on any atom is -0.130 e. The molecule has 0 heterocycles. The third-order valence-electron chi connectivity index (χ3n) is 3.87. The molecule has 136 valence electrons. The van der Waals surface area contributed by atoms with Crippen molar-refractivity contribution >= 4 is 17.6 Å². The molecule has 24 heavy (non-hydrogen) atoms. The highest BCUT2D eigenvalue weighted by Gasteiger charge is 2.16. The molecule has 0 radical (unpaired) electrons.